The van der Waals surface area contributed by atoms with E-state index >= 15 is 0 Å². The minimum atomic E-state index is -0.329. The van der Waals surface area contributed by atoms with Gasteiger partial charge in [-0.1, -0.05) is 65.7 Å². The highest BCUT2D eigenvalue weighted by molar-refractivity contribution is 6.39. The van der Waals surface area contributed by atoms with Crippen molar-refractivity contribution in [2.75, 3.05) is 6.54 Å². The highest BCUT2D eigenvalue weighted by Crippen LogP contribution is 2.34. The van der Waals surface area contributed by atoms with Gasteiger partial charge in [-0.2, -0.15) is 0 Å². The van der Waals surface area contributed by atoms with Crippen LogP contribution >= 0.6 is 23.2 Å². The number of aromatic amines is 1. The van der Waals surface area contributed by atoms with Crippen molar-refractivity contribution >= 4 is 40.1 Å². The van der Waals surface area contributed by atoms with Crippen LogP contribution in [0, 0.1) is 0 Å². The van der Waals surface area contributed by atoms with E-state index in [1.165, 1.54) is 29.2 Å². The number of benzene rings is 2. The number of carbonyl (C=O) groups is 1. The number of nitrogens with zero attached hydrogens (tertiary/aromatic N) is 4. The second-order valence-corrected chi connectivity index (χ2v) is 11.2. The predicted octanol–water partition coefficient (Wildman–Crippen LogP) is 6.71. The van der Waals surface area contributed by atoms with Crippen molar-refractivity contribution < 1.29 is 4.79 Å². The molecule has 2 N–H and O–H groups in total. The maximum Gasteiger partial charge on any atom is 0.254 e. The monoisotopic (exact) mass is 584 g/mol. The molecular weight excluding hydrogens is 555 g/mol. The zero-order chi connectivity index (χ0) is 28.2. The molecule has 0 saturated carbocycles. The van der Waals surface area contributed by atoms with Crippen LogP contribution in [0.15, 0.2) is 79.3 Å². The Hall–Kier alpha value is -3.78. The van der Waals surface area contributed by atoms with Crippen LogP contribution in [-0.4, -0.2) is 37.3 Å². The molecule has 5 aromatic rings. The lowest BCUT2D eigenvalue weighted by Crippen LogP contribution is -2.33. The highest BCUT2D eigenvalue weighted by Gasteiger charge is 2.27. The summed E-state index contributed by atoms with van der Waals surface area (Å²) in [6.45, 7) is 1.94. The van der Waals surface area contributed by atoms with Gasteiger partial charge in [0, 0.05) is 44.6 Å². The van der Waals surface area contributed by atoms with Gasteiger partial charge in [-0.05, 0) is 54.2 Å². The van der Waals surface area contributed by atoms with Crippen LogP contribution in [0.4, 0.5) is 0 Å². The third-order valence-electron chi connectivity index (χ3n) is 7.59. The molecule has 7 nitrogen and oxygen atoms in total. The molecule has 2 aromatic carbocycles. The van der Waals surface area contributed by atoms with Gasteiger partial charge in [-0.25, -0.2) is 4.98 Å². The van der Waals surface area contributed by atoms with Gasteiger partial charge in [0.2, 0.25) is 0 Å². The number of rotatable bonds is 9. The minimum absolute atomic E-state index is 0.226. The molecule has 0 saturated heterocycles. The number of carbonyl (C=O) groups excluding carboxylic acids is 1. The number of hydrogen-bond donors (Lipinski definition) is 2. The van der Waals surface area contributed by atoms with E-state index in [1.54, 1.807) is 0 Å². The quantitative estimate of drug-likeness (QED) is 0.201. The van der Waals surface area contributed by atoms with Crippen molar-refractivity contribution in [2.24, 2.45) is 0 Å². The molecule has 1 atom stereocenters. The molecule has 1 unspecified atom stereocenters. The number of halogens is 2. The van der Waals surface area contributed by atoms with Crippen molar-refractivity contribution in [3.63, 3.8) is 0 Å². The van der Waals surface area contributed by atoms with Crippen molar-refractivity contribution in [3.05, 3.63) is 123 Å². The Bertz CT molecular complexity index is 1630. The Morgan fingerprint density at radius 1 is 1.02 bits per heavy atom. The van der Waals surface area contributed by atoms with Crippen LogP contribution < -0.4 is 5.32 Å². The van der Waals surface area contributed by atoms with Gasteiger partial charge in [-0.3, -0.25) is 19.7 Å². The van der Waals surface area contributed by atoms with E-state index in [4.69, 9.17) is 33.2 Å². The summed E-state index contributed by atoms with van der Waals surface area (Å²) in [6.07, 6.45) is 8.81. The fourth-order valence-corrected chi connectivity index (χ4v) is 6.17. The zero-order valence-electron chi connectivity index (χ0n) is 22.5. The number of H-pyrrole nitrogens is 1. The van der Waals surface area contributed by atoms with Crippen molar-refractivity contribution in [1.29, 1.82) is 0 Å². The maximum absolute atomic E-state index is 12.8. The molecule has 0 radical (unpaired) electrons. The summed E-state index contributed by atoms with van der Waals surface area (Å²) in [7, 11) is 0. The second kappa shape index (κ2) is 12.4. The molecule has 0 aliphatic heterocycles. The molecule has 1 aliphatic carbocycles. The van der Waals surface area contributed by atoms with E-state index in [0.717, 1.165) is 61.2 Å². The van der Waals surface area contributed by atoms with Crippen molar-refractivity contribution in [3.8, 4) is 0 Å². The summed E-state index contributed by atoms with van der Waals surface area (Å²) in [5.41, 5.74) is 6.96. The third-order valence-corrected chi connectivity index (χ3v) is 8.16. The number of amides is 1. The minimum Gasteiger partial charge on any atom is -0.348 e. The summed E-state index contributed by atoms with van der Waals surface area (Å²) in [4.78, 5) is 32.4. The van der Waals surface area contributed by atoms with Crippen LogP contribution in [0.5, 0.6) is 0 Å². The first kappa shape index (κ1) is 27.4. The standard InChI is InChI=1S/C32H30Cl2N6O/c33-24-18-35-19-25(34)30(24)32(41)37-17-21-6-3-7-22(16-21)20-40(28-12-4-8-23-9-5-14-36-31(23)28)15-13-29-38-26-10-1-2-11-27(26)39-29/h1-3,5-7,9-11,14,16,18-19,28H,4,8,12-13,15,17,20H2,(H,37,41)(H,38,39). The number of para-hydroxylation sites is 2. The number of aromatic nitrogens is 4. The molecule has 1 aliphatic rings. The number of imidazole rings is 1. The van der Waals surface area contributed by atoms with Crippen LogP contribution in [0.3, 0.4) is 0 Å². The first-order valence-electron chi connectivity index (χ1n) is 13.8. The molecule has 0 fully saturated rings. The molecule has 3 heterocycles. The van der Waals surface area contributed by atoms with E-state index < -0.39 is 0 Å². The molecule has 0 spiro atoms. The zero-order valence-corrected chi connectivity index (χ0v) is 24.0. The topological polar surface area (TPSA) is 86.8 Å². The fourth-order valence-electron chi connectivity index (χ4n) is 5.63. The van der Waals surface area contributed by atoms with Crippen molar-refractivity contribution in [1.82, 2.24) is 30.2 Å². The number of fused-ring (bicyclic) bond motifs is 2. The second-order valence-electron chi connectivity index (χ2n) is 10.4. The number of nitrogens with one attached hydrogen (secondary N) is 2. The maximum atomic E-state index is 12.8. The highest BCUT2D eigenvalue weighted by atomic mass is 35.5. The smallest absolute Gasteiger partial charge is 0.254 e. The molecule has 3 aromatic heterocycles. The number of aryl methyl sites for hydroxylation is 1. The lowest BCUT2D eigenvalue weighted by Gasteiger charge is -2.35. The first-order valence-corrected chi connectivity index (χ1v) is 14.6. The van der Waals surface area contributed by atoms with Crippen LogP contribution in [-0.2, 0) is 25.9 Å². The van der Waals surface area contributed by atoms with Gasteiger partial charge in [0.05, 0.1) is 38.4 Å². The molecule has 0 bridgehead atoms. The van der Waals surface area contributed by atoms with E-state index in [1.807, 2.05) is 42.6 Å². The Balaban J connectivity index is 1.20. The van der Waals surface area contributed by atoms with Crippen molar-refractivity contribution in [2.45, 2.75) is 44.8 Å². The van der Waals surface area contributed by atoms with Crippen LogP contribution in [0.25, 0.3) is 11.0 Å². The molecule has 41 heavy (non-hydrogen) atoms. The Labute approximate surface area is 249 Å². The van der Waals surface area contributed by atoms with E-state index in [9.17, 15) is 4.79 Å². The average molecular weight is 586 g/mol. The van der Waals surface area contributed by atoms with Gasteiger partial charge in [0.1, 0.15) is 5.82 Å². The molecule has 9 heteroatoms. The fraction of sp³-hybridized carbons (Fsp3) is 0.250. The summed E-state index contributed by atoms with van der Waals surface area (Å²) >= 11 is 12.3. The van der Waals surface area contributed by atoms with Gasteiger partial charge in [0.25, 0.3) is 5.91 Å². The summed E-state index contributed by atoms with van der Waals surface area (Å²) in [5.74, 6) is 0.656. The van der Waals surface area contributed by atoms with Gasteiger partial charge < -0.3 is 10.3 Å². The van der Waals surface area contributed by atoms with E-state index in [2.05, 4.69) is 44.5 Å². The number of hydrogen-bond acceptors (Lipinski definition) is 5. The van der Waals surface area contributed by atoms with Gasteiger partial charge in [0.15, 0.2) is 0 Å². The third kappa shape index (κ3) is 6.27. The Morgan fingerprint density at radius 3 is 2.71 bits per heavy atom. The lowest BCUT2D eigenvalue weighted by atomic mass is 9.90. The summed E-state index contributed by atoms with van der Waals surface area (Å²) < 4.78 is 0. The summed E-state index contributed by atoms with van der Waals surface area (Å²) in [5, 5.41) is 3.40. The normalized spacial score (nSPS) is 14.8. The molecule has 6 rings (SSSR count). The average Bonchev–Trinajstić information content (AvgIpc) is 3.41. The first-order chi connectivity index (χ1) is 20.0. The van der Waals surface area contributed by atoms with Crippen LogP contribution in [0.2, 0.25) is 10.0 Å². The van der Waals surface area contributed by atoms with Gasteiger partial charge in [-0.15, -0.1) is 0 Å². The van der Waals surface area contributed by atoms with E-state index in [0.29, 0.717) is 6.54 Å². The Kier molecular flexibility index (Phi) is 8.28. The van der Waals surface area contributed by atoms with Crippen LogP contribution in [0.1, 0.15) is 57.5 Å². The molecular formula is C32H30Cl2N6O. The number of pyridine rings is 2. The largest absolute Gasteiger partial charge is 0.348 e. The Morgan fingerprint density at radius 2 is 1.85 bits per heavy atom. The lowest BCUT2D eigenvalue weighted by molar-refractivity contribution is 0.0951. The SMILES string of the molecule is O=C(NCc1cccc(CN(CCc2nc3ccccc3[nH]2)C2CCCc3cccnc32)c1)c1c(Cl)cncc1Cl. The van der Waals surface area contributed by atoms with Gasteiger partial charge >= 0.3 is 0 Å². The predicted molar refractivity (Wildman–Crippen MR) is 162 cm³/mol. The molecule has 208 valence electrons. The molecule has 1 amide bonds. The summed E-state index contributed by atoms with van der Waals surface area (Å²) in [6, 6.07) is 20.9. The van der Waals surface area contributed by atoms with E-state index in [-0.39, 0.29) is 27.6 Å².